The summed E-state index contributed by atoms with van der Waals surface area (Å²) in [4.78, 5) is 24.9. The fourth-order valence-corrected chi connectivity index (χ4v) is 4.61. The fourth-order valence-electron chi connectivity index (χ4n) is 4.50. The van der Waals surface area contributed by atoms with Gasteiger partial charge in [-0.05, 0) is 50.8 Å². The lowest BCUT2D eigenvalue weighted by molar-refractivity contribution is -0.184. The lowest BCUT2D eigenvalue weighted by atomic mass is 9.39. The lowest BCUT2D eigenvalue weighted by Crippen LogP contribution is -2.78. The van der Waals surface area contributed by atoms with Gasteiger partial charge in [0, 0.05) is 11.6 Å². The number of halogens is 2. The summed E-state index contributed by atoms with van der Waals surface area (Å²) in [6.07, 6.45) is 1.90. The van der Waals surface area contributed by atoms with Crippen LogP contribution in [0.3, 0.4) is 0 Å². The average Bonchev–Trinajstić information content (AvgIpc) is 2.64. The normalized spacial score (nSPS) is 24.8. The molecule has 7 heteroatoms. The van der Waals surface area contributed by atoms with Gasteiger partial charge in [-0.15, -0.1) is 0 Å². The minimum atomic E-state index is -0.596. The van der Waals surface area contributed by atoms with Crippen molar-refractivity contribution in [1.29, 1.82) is 0 Å². The smallest absolute Gasteiger partial charge is 0.258 e. The van der Waals surface area contributed by atoms with Crippen LogP contribution in [0.1, 0.15) is 43.4 Å². The Bertz CT molecular complexity index is 973. The van der Waals surface area contributed by atoms with Crippen LogP contribution in [-0.4, -0.2) is 24.0 Å². The van der Waals surface area contributed by atoms with E-state index in [4.69, 9.17) is 16.3 Å². The van der Waals surface area contributed by atoms with E-state index in [1.807, 2.05) is 38.1 Å². The van der Waals surface area contributed by atoms with Gasteiger partial charge in [-0.1, -0.05) is 41.4 Å². The summed E-state index contributed by atoms with van der Waals surface area (Å²) in [5.74, 6) is -0.598. The summed E-state index contributed by atoms with van der Waals surface area (Å²) in [5, 5.41) is 6.06. The van der Waals surface area contributed by atoms with Crippen LogP contribution in [0, 0.1) is 18.2 Å². The van der Waals surface area contributed by atoms with Gasteiger partial charge in [0.1, 0.15) is 11.6 Å². The van der Waals surface area contributed by atoms with E-state index in [1.54, 1.807) is 0 Å². The van der Waals surface area contributed by atoms with Crippen LogP contribution in [0.2, 0.25) is 5.02 Å². The van der Waals surface area contributed by atoms with Crippen LogP contribution in [0.25, 0.3) is 0 Å². The highest BCUT2D eigenvalue weighted by molar-refractivity contribution is 6.30. The van der Waals surface area contributed by atoms with Gasteiger partial charge in [0.2, 0.25) is 5.91 Å². The molecule has 0 unspecified atom stereocenters. The maximum Gasteiger partial charge on any atom is 0.258 e. The number of benzene rings is 2. The standard InChI is InChI=1S/C23H24ClFN2O3/c1-14-3-5-16(6-4-14)15(2)26-21(29)22-11-23(12-22,13-22)27-20(28)10-30-17-7-8-18(24)19(25)9-17/h3-9,15H,10-13H2,1-2H3,(H,26,29)(H,27,28)/t15-,22?,23?/m0/s1. The average molecular weight is 431 g/mol. The van der Waals surface area contributed by atoms with Crippen LogP contribution in [0.15, 0.2) is 42.5 Å². The van der Waals surface area contributed by atoms with Gasteiger partial charge in [-0.3, -0.25) is 9.59 Å². The van der Waals surface area contributed by atoms with Gasteiger partial charge in [-0.2, -0.15) is 0 Å². The summed E-state index contributed by atoms with van der Waals surface area (Å²) < 4.78 is 18.8. The maximum atomic E-state index is 13.4. The minimum absolute atomic E-state index is 0.000870. The molecule has 5 nitrogen and oxygen atoms in total. The zero-order valence-corrected chi connectivity index (χ0v) is 17.7. The highest BCUT2D eigenvalue weighted by Crippen LogP contribution is 2.67. The van der Waals surface area contributed by atoms with Gasteiger partial charge >= 0.3 is 0 Å². The van der Waals surface area contributed by atoms with E-state index in [0.29, 0.717) is 19.3 Å². The molecule has 3 saturated carbocycles. The fraction of sp³-hybridized carbons (Fsp3) is 0.391. The van der Waals surface area contributed by atoms with Gasteiger partial charge in [-0.25, -0.2) is 4.39 Å². The molecule has 2 N–H and O–H groups in total. The maximum absolute atomic E-state index is 13.4. The largest absolute Gasteiger partial charge is 0.484 e. The number of amides is 2. The Morgan fingerprint density at radius 1 is 1.17 bits per heavy atom. The Morgan fingerprint density at radius 3 is 2.47 bits per heavy atom. The molecule has 0 aromatic heterocycles. The molecule has 3 aliphatic carbocycles. The van der Waals surface area contributed by atoms with E-state index >= 15 is 0 Å². The molecule has 158 valence electrons. The van der Waals surface area contributed by atoms with E-state index in [2.05, 4.69) is 10.6 Å². The van der Waals surface area contributed by atoms with Crippen molar-refractivity contribution in [2.75, 3.05) is 6.61 Å². The number of hydrogen-bond donors (Lipinski definition) is 2. The molecular weight excluding hydrogens is 407 g/mol. The Morgan fingerprint density at radius 2 is 1.83 bits per heavy atom. The number of nitrogens with one attached hydrogen (secondary N) is 2. The SMILES string of the molecule is Cc1ccc([C@H](C)NC(=O)C23CC(NC(=O)COc4ccc(Cl)c(F)c4)(C2)C3)cc1. The molecule has 2 aromatic rings. The molecule has 0 spiro atoms. The number of ether oxygens (including phenoxy) is 1. The van der Waals surface area contributed by atoms with E-state index in [9.17, 15) is 14.0 Å². The van der Waals surface area contributed by atoms with Crippen molar-refractivity contribution in [3.8, 4) is 5.75 Å². The first-order valence-electron chi connectivity index (χ1n) is 9.97. The van der Waals surface area contributed by atoms with E-state index in [-0.39, 0.29) is 46.2 Å². The molecule has 30 heavy (non-hydrogen) atoms. The summed E-state index contributed by atoms with van der Waals surface area (Å²) in [6.45, 7) is 3.79. The molecule has 2 aromatic carbocycles. The first-order chi connectivity index (χ1) is 14.2. The first kappa shape index (κ1) is 20.7. The predicted molar refractivity (Wildman–Crippen MR) is 112 cm³/mol. The second-order valence-corrected chi connectivity index (χ2v) is 9.02. The van der Waals surface area contributed by atoms with Gasteiger partial charge < -0.3 is 15.4 Å². The van der Waals surface area contributed by atoms with Crippen molar-refractivity contribution < 1.29 is 18.7 Å². The van der Waals surface area contributed by atoms with Crippen molar-refractivity contribution in [2.45, 2.75) is 44.7 Å². The summed E-state index contributed by atoms with van der Waals surface area (Å²) in [5.41, 5.74) is 1.54. The predicted octanol–water partition coefficient (Wildman–Crippen LogP) is 4.08. The number of hydrogen-bond acceptors (Lipinski definition) is 3. The Balaban J connectivity index is 1.23. The number of carbonyl (C=O) groups is 2. The van der Waals surface area contributed by atoms with E-state index in [0.717, 1.165) is 11.6 Å². The number of carbonyl (C=O) groups excluding carboxylic acids is 2. The molecule has 0 heterocycles. The Labute approximate surface area is 179 Å². The third kappa shape index (κ3) is 3.88. The Kier molecular flexibility index (Phi) is 5.22. The highest BCUT2D eigenvalue weighted by atomic mass is 35.5. The van der Waals surface area contributed by atoms with E-state index < -0.39 is 5.82 Å². The molecule has 2 bridgehead atoms. The topological polar surface area (TPSA) is 67.4 Å². The highest BCUT2D eigenvalue weighted by Gasteiger charge is 2.72. The number of rotatable bonds is 7. The summed E-state index contributed by atoms with van der Waals surface area (Å²) in [7, 11) is 0. The Hall–Kier alpha value is -2.60. The van der Waals surface area contributed by atoms with Crippen molar-refractivity contribution in [3.05, 3.63) is 64.4 Å². The van der Waals surface area contributed by atoms with Crippen molar-refractivity contribution in [2.24, 2.45) is 5.41 Å². The quantitative estimate of drug-likeness (QED) is 0.695. The van der Waals surface area contributed by atoms with Crippen molar-refractivity contribution >= 4 is 23.4 Å². The van der Waals surface area contributed by atoms with Crippen LogP contribution >= 0.6 is 11.6 Å². The lowest BCUT2D eigenvalue weighted by Gasteiger charge is -2.69. The number of aryl methyl sites for hydroxylation is 1. The van der Waals surface area contributed by atoms with Crippen LogP contribution in [0.4, 0.5) is 4.39 Å². The zero-order valence-electron chi connectivity index (χ0n) is 16.9. The summed E-state index contributed by atoms with van der Waals surface area (Å²) in [6, 6.07) is 12.1. The van der Waals surface area contributed by atoms with Crippen LogP contribution in [0.5, 0.6) is 5.75 Å². The zero-order chi connectivity index (χ0) is 21.5. The minimum Gasteiger partial charge on any atom is -0.484 e. The molecule has 0 aliphatic heterocycles. The molecule has 0 saturated heterocycles. The van der Waals surface area contributed by atoms with Gasteiger partial charge in [0.05, 0.1) is 16.5 Å². The molecule has 3 fully saturated rings. The summed E-state index contributed by atoms with van der Waals surface area (Å²) >= 11 is 5.63. The third-order valence-electron chi connectivity index (χ3n) is 6.10. The molecule has 2 amide bonds. The second-order valence-electron chi connectivity index (χ2n) is 8.61. The van der Waals surface area contributed by atoms with E-state index in [1.165, 1.54) is 17.7 Å². The second kappa shape index (κ2) is 7.58. The third-order valence-corrected chi connectivity index (χ3v) is 6.41. The van der Waals surface area contributed by atoms with Gasteiger partial charge in [0.15, 0.2) is 6.61 Å². The van der Waals surface area contributed by atoms with Crippen LogP contribution < -0.4 is 15.4 Å². The monoisotopic (exact) mass is 430 g/mol. The molecule has 3 aliphatic rings. The molecule has 5 rings (SSSR count). The molecule has 1 atom stereocenters. The van der Waals surface area contributed by atoms with Gasteiger partial charge in [0.25, 0.3) is 5.91 Å². The van der Waals surface area contributed by atoms with Crippen molar-refractivity contribution in [3.63, 3.8) is 0 Å². The van der Waals surface area contributed by atoms with Crippen LogP contribution in [-0.2, 0) is 9.59 Å². The molecule has 0 radical (unpaired) electrons. The first-order valence-corrected chi connectivity index (χ1v) is 10.3. The van der Waals surface area contributed by atoms with Crippen molar-refractivity contribution in [1.82, 2.24) is 10.6 Å². The molecular formula is C23H24ClFN2O3.